The van der Waals surface area contributed by atoms with Gasteiger partial charge in [-0.2, -0.15) is 5.10 Å². The molecule has 0 aliphatic rings. The van der Waals surface area contributed by atoms with E-state index in [9.17, 15) is 0 Å². The van der Waals surface area contributed by atoms with E-state index in [-0.39, 0.29) is 6.04 Å². The van der Waals surface area contributed by atoms with Gasteiger partial charge in [0.25, 0.3) is 0 Å². The lowest BCUT2D eigenvalue weighted by molar-refractivity contribution is 0.342. The first-order valence-corrected chi connectivity index (χ1v) is 6.28. The van der Waals surface area contributed by atoms with Crippen molar-refractivity contribution in [2.75, 3.05) is 5.32 Å². The van der Waals surface area contributed by atoms with Gasteiger partial charge in [0.15, 0.2) is 0 Å². The van der Waals surface area contributed by atoms with Crippen LogP contribution in [0.5, 0.6) is 0 Å². The Morgan fingerprint density at radius 3 is 2.71 bits per heavy atom. The molecule has 4 nitrogen and oxygen atoms in total. The topological polar surface area (TPSA) is 53.6 Å². The number of hydrogen-bond acceptors (Lipinski definition) is 3. The van der Waals surface area contributed by atoms with Crippen molar-refractivity contribution in [1.82, 2.24) is 15.2 Å². The standard InChI is InChI=1S/C13H24N4/c1-6-11(16-12-14-9-15-17-12)10(3)8-13(4,5)7-2/h9,11H,3,6-8H2,1-2,4-5H3,(H2,14,15,16,17). The zero-order chi connectivity index (χ0) is 12.9. The summed E-state index contributed by atoms with van der Waals surface area (Å²) in [6.45, 7) is 13.1. The number of nitrogens with zero attached hydrogens (tertiary/aromatic N) is 2. The summed E-state index contributed by atoms with van der Waals surface area (Å²) in [5.41, 5.74) is 1.55. The third kappa shape index (κ3) is 4.21. The van der Waals surface area contributed by atoms with Gasteiger partial charge in [0, 0.05) is 6.04 Å². The molecule has 4 heteroatoms. The van der Waals surface area contributed by atoms with Crippen LogP contribution in [0.25, 0.3) is 0 Å². The van der Waals surface area contributed by atoms with Gasteiger partial charge in [0.1, 0.15) is 6.33 Å². The van der Waals surface area contributed by atoms with Crippen LogP contribution in [-0.4, -0.2) is 21.2 Å². The molecule has 0 amide bonds. The quantitative estimate of drug-likeness (QED) is 0.714. The largest absolute Gasteiger partial charge is 0.348 e. The van der Waals surface area contributed by atoms with E-state index < -0.39 is 0 Å². The predicted molar refractivity (Wildman–Crippen MR) is 71.9 cm³/mol. The highest BCUT2D eigenvalue weighted by atomic mass is 15.3. The van der Waals surface area contributed by atoms with Crippen LogP contribution in [-0.2, 0) is 0 Å². The summed E-state index contributed by atoms with van der Waals surface area (Å²) >= 11 is 0. The third-order valence-corrected chi connectivity index (χ3v) is 3.29. The van der Waals surface area contributed by atoms with Crippen LogP contribution in [0.1, 0.15) is 47.0 Å². The summed E-state index contributed by atoms with van der Waals surface area (Å²) in [6.07, 6.45) is 4.70. The van der Waals surface area contributed by atoms with E-state index in [4.69, 9.17) is 0 Å². The van der Waals surface area contributed by atoms with Crippen LogP contribution in [0.4, 0.5) is 5.95 Å². The van der Waals surface area contributed by atoms with E-state index in [1.54, 1.807) is 0 Å². The maximum atomic E-state index is 4.21. The summed E-state index contributed by atoms with van der Waals surface area (Å²) in [4.78, 5) is 4.08. The predicted octanol–water partition coefficient (Wildman–Crippen LogP) is 3.38. The monoisotopic (exact) mass is 236 g/mol. The van der Waals surface area contributed by atoms with Crippen LogP contribution in [0.2, 0.25) is 0 Å². The Morgan fingerprint density at radius 1 is 1.53 bits per heavy atom. The fraction of sp³-hybridized carbons (Fsp3) is 0.692. The summed E-state index contributed by atoms with van der Waals surface area (Å²) in [5.74, 6) is 0.715. The SMILES string of the molecule is C=C(CC(C)(C)CC)C(CC)Nc1ncn[nH]1. The minimum atomic E-state index is 0.258. The van der Waals surface area contributed by atoms with Gasteiger partial charge < -0.3 is 5.32 Å². The first kappa shape index (κ1) is 13.7. The van der Waals surface area contributed by atoms with Gasteiger partial charge in [-0.3, -0.25) is 0 Å². The maximum absolute atomic E-state index is 4.21. The molecule has 1 unspecified atom stereocenters. The number of rotatable bonds is 7. The average Bonchev–Trinajstić information content (AvgIpc) is 2.77. The summed E-state index contributed by atoms with van der Waals surface area (Å²) < 4.78 is 0. The molecule has 0 bridgehead atoms. The van der Waals surface area contributed by atoms with Gasteiger partial charge in [0.2, 0.25) is 5.95 Å². The second kappa shape index (κ2) is 5.84. The van der Waals surface area contributed by atoms with Crippen molar-refractivity contribution in [1.29, 1.82) is 0 Å². The number of aromatic nitrogens is 3. The van der Waals surface area contributed by atoms with Crippen molar-refractivity contribution in [2.45, 2.75) is 53.0 Å². The molecule has 0 saturated carbocycles. The summed E-state index contributed by atoms with van der Waals surface area (Å²) in [7, 11) is 0. The highest BCUT2D eigenvalue weighted by Crippen LogP contribution is 2.30. The Bertz CT molecular complexity index is 340. The molecule has 2 N–H and O–H groups in total. The zero-order valence-electron chi connectivity index (χ0n) is 11.4. The fourth-order valence-corrected chi connectivity index (χ4v) is 1.80. The minimum Gasteiger partial charge on any atom is -0.348 e. The van der Waals surface area contributed by atoms with E-state index in [0.29, 0.717) is 11.4 Å². The van der Waals surface area contributed by atoms with Gasteiger partial charge in [-0.15, -0.1) is 0 Å². The van der Waals surface area contributed by atoms with E-state index >= 15 is 0 Å². The molecular formula is C13H24N4. The van der Waals surface area contributed by atoms with Gasteiger partial charge in [0.05, 0.1) is 0 Å². The lowest BCUT2D eigenvalue weighted by Gasteiger charge is -2.28. The smallest absolute Gasteiger partial charge is 0.218 e. The molecule has 0 radical (unpaired) electrons. The van der Waals surface area contributed by atoms with Crippen molar-refractivity contribution in [3.05, 3.63) is 18.5 Å². The highest BCUT2D eigenvalue weighted by Gasteiger charge is 2.20. The Balaban J connectivity index is 2.58. The number of anilines is 1. The first-order chi connectivity index (χ1) is 7.98. The Morgan fingerprint density at radius 2 is 2.24 bits per heavy atom. The summed E-state index contributed by atoms with van der Waals surface area (Å²) in [6, 6.07) is 0.258. The summed E-state index contributed by atoms with van der Waals surface area (Å²) in [5, 5.41) is 9.98. The van der Waals surface area contributed by atoms with Crippen LogP contribution in [0.3, 0.4) is 0 Å². The van der Waals surface area contributed by atoms with Crippen LogP contribution < -0.4 is 5.32 Å². The van der Waals surface area contributed by atoms with E-state index in [2.05, 4.69) is 54.8 Å². The zero-order valence-corrected chi connectivity index (χ0v) is 11.4. The molecule has 0 saturated heterocycles. The van der Waals surface area contributed by atoms with Gasteiger partial charge >= 0.3 is 0 Å². The van der Waals surface area contributed by atoms with Crippen LogP contribution in [0.15, 0.2) is 18.5 Å². The van der Waals surface area contributed by atoms with Crippen molar-refractivity contribution >= 4 is 5.95 Å². The minimum absolute atomic E-state index is 0.258. The van der Waals surface area contributed by atoms with Crippen molar-refractivity contribution in [2.24, 2.45) is 5.41 Å². The molecule has 96 valence electrons. The molecular weight excluding hydrogens is 212 g/mol. The second-order valence-corrected chi connectivity index (χ2v) is 5.29. The lowest BCUT2D eigenvalue weighted by atomic mass is 9.81. The molecule has 1 heterocycles. The Labute approximate surface area is 104 Å². The molecule has 1 rings (SSSR count). The molecule has 0 aliphatic carbocycles. The average molecular weight is 236 g/mol. The molecule has 0 aliphatic heterocycles. The number of aromatic amines is 1. The van der Waals surface area contributed by atoms with E-state index in [1.165, 1.54) is 11.9 Å². The Hall–Kier alpha value is -1.32. The van der Waals surface area contributed by atoms with Crippen LogP contribution in [0, 0.1) is 5.41 Å². The van der Waals surface area contributed by atoms with Gasteiger partial charge in [-0.25, -0.2) is 10.1 Å². The highest BCUT2D eigenvalue weighted by molar-refractivity contribution is 5.28. The maximum Gasteiger partial charge on any atom is 0.218 e. The van der Waals surface area contributed by atoms with Gasteiger partial charge in [-0.05, 0) is 18.3 Å². The van der Waals surface area contributed by atoms with Crippen molar-refractivity contribution < 1.29 is 0 Å². The second-order valence-electron chi connectivity index (χ2n) is 5.29. The fourth-order valence-electron chi connectivity index (χ4n) is 1.80. The molecule has 0 aromatic carbocycles. The molecule has 0 spiro atoms. The first-order valence-electron chi connectivity index (χ1n) is 6.28. The lowest BCUT2D eigenvalue weighted by Crippen LogP contribution is -2.25. The molecule has 17 heavy (non-hydrogen) atoms. The molecule has 0 fully saturated rings. The van der Waals surface area contributed by atoms with Crippen LogP contribution >= 0.6 is 0 Å². The molecule has 1 aromatic rings. The number of nitrogens with one attached hydrogen (secondary N) is 2. The Kier molecular flexibility index (Phi) is 4.73. The van der Waals surface area contributed by atoms with Crippen molar-refractivity contribution in [3.8, 4) is 0 Å². The van der Waals surface area contributed by atoms with E-state index in [0.717, 1.165) is 19.3 Å². The normalized spacial score (nSPS) is 13.4. The molecule has 1 aromatic heterocycles. The number of hydrogen-bond donors (Lipinski definition) is 2. The van der Waals surface area contributed by atoms with Gasteiger partial charge in [-0.1, -0.05) is 46.3 Å². The van der Waals surface area contributed by atoms with Crippen molar-refractivity contribution in [3.63, 3.8) is 0 Å². The number of H-pyrrole nitrogens is 1. The van der Waals surface area contributed by atoms with E-state index in [1.807, 2.05) is 0 Å². The molecule has 1 atom stereocenters. The third-order valence-electron chi connectivity index (χ3n) is 3.29.